The fraction of sp³-hybridized carbons (Fsp3) is 0. The van der Waals surface area contributed by atoms with E-state index < -0.39 is 34.4 Å². The highest BCUT2D eigenvalue weighted by Crippen LogP contribution is 2.36. The van der Waals surface area contributed by atoms with Gasteiger partial charge in [0.1, 0.15) is 11.6 Å². The molecule has 150 valence electrons. The first-order chi connectivity index (χ1) is 14.5. The molecule has 30 heavy (non-hydrogen) atoms. The van der Waals surface area contributed by atoms with E-state index in [4.69, 9.17) is 0 Å². The maximum atomic E-state index is 15.2. The molecule has 0 amide bonds. The zero-order valence-electron chi connectivity index (χ0n) is 15.4. The predicted octanol–water partition coefficient (Wildman–Crippen LogP) is 6.74. The number of halogens is 4. The quantitative estimate of drug-likeness (QED) is 0.262. The Hall–Kier alpha value is -3.09. The van der Waals surface area contributed by atoms with Crippen molar-refractivity contribution in [3.05, 3.63) is 108 Å². The van der Waals surface area contributed by atoms with Crippen LogP contribution in [0.1, 0.15) is 0 Å². The summed E-state index contributed by atoms with van der Waals surface area (Å²) >= 11 is -2.34. The van der Waals surface area contributed by atoms with Gasteiger partial charge in [0.05, 0.1) is 11.1 Å². The highest BCUT2D eigenvalue weighted by molar-refractivity contribution is 7.91. The molecule has 0 unspecified atom stereocenters. The van der Waals surface area contributed by atoms with E-state index >= 15 is 8.78 Å². The lowest BCUT2D eigenvalue weighted by atomic mass is 10.0. The van der Waals surface area contributed by atoms with E-state index in [1.165, 1.54) is 24.3 Å². The maximum absolute atomic E-state index is 15.2. The number of rotatable bonds is 4. The van der Waals surface area contributed by atoms with E-state index in [0.717, 1.165) is 24.3 Å². The van der Waals surface area contributed by atoms with Gasteiger partial charge in [-0.2, -0.15) is 0 Å². The van der Waals surface area contributed by atoms with Crippen LogP contribution < -0.4 is 0 Å². The zero-order valence-corrected chi connectivity index (χ0v) is 16.2. The molecule has 0 N–H and O–H groups in total. The standard InChI is InChI=1S/C24H14F4OS/c25-17-11-13-19(23(27)21(17)15-7-3-1-4-8-15)30(29)20-14-12-18(26)22(24(20)28)16-9-5-2-6-10-16/h1-14H. The first-order valence-electron chi connectivity index (χ1n) is 8.97. The summed E-state index contributed by atoms with van der Waals surface area (Å²) in [5, 5.41) is 0. The van der Waals surface area contributed by atoms with Crippen LogP contribution in [0.4, 0.5) is 17.6 Å². The Labute approximate surface area is 173 Å². The van der Waals surface area contributed by atoms with Gasteiger partial charge in [0, 0.05) is 11.2 Å². The van der Waals surface area contributed by atoms with Gasteiger partial charge >= 0.3 is 0 Å². The lowest BCUT2D eigenvalue weighted by molar-refractivity contribution is 0.539. The summed E-state index contributed by atoms with van der Waals surface area (Å²) in [5.74, 6) is -3.76. The Morgan fingerprint density at radius 3 is 1.23 bits per heavy atom. The van der Waals surface area contributed by atoms with Crippen molar-refractivity contribution in [1.82, 2.24) is 0 Å². The third-order valence-electron chi connectivity index (χ3n) is 4.64. The fourth-order valence-corrected chi connectivity index (χ4v) is 4.36. The molecule has 1 nitrogen and oxygen atoms in total. The number of hydrogen-bond acceptors (Lipinski definition) is 1. The average Bonchev–Trinajstić information content (AvgIpc) is 2.75. The normalized spacial score (nSPS) is 11.1. The lowest BCUT2D eigenvalue weighted by Crippen LogP contribution is -2.10. The van der Waals surface area contributed by atoms with Crippen molar-refractivity contribution >= 4 is 11.2 Å². The van der Waals surface area contributed by atoms with Crippen LogP contribution in [0.2, 0.25) is 0 Å². The van der Waals surface area contributed by atoms with Crippen molar-refractivity contribution in [2.45, 2.75) is 9.79 Å². The predicted molar refractivity (Wildman–Crippen MR) is 108 cm³/mol. The van der Waals surface area contributed by atoms with Crippen molar-refractivity contribution < 1.29 is 22.1 Å². The van der Waals surface area contributed by atoms with Crippen LogP contribution in [0.5, 0.6) is 0 Å². The topological polar surface area (TPSA) is 23.1 Å². The maximum Gasteiger partial charge on any atom is 0.195 e. The molecule has 0 spiro atoms. The van der Waals surface area contributed by atoms with E-state index in [9.17, 15) is 13.3 Å². The first kappa shape index (κ1) is 20.2. The molecule has 0 saturated carbocycles. The van der Waals surface area contributed by atoms with Gasteiger partial charge in [-0.05, 0) is 35.4 Å². The lowest BCUT2D eigenvalue weighted by Gasteiger charge is -2.15. The van der Waals surface area contributed by atoms with E-state index in [1.807, 2.05) is 0 Å². The van der Waals surface area contributed by atoms with Crippen molar-refractivity contribution in [3.8, 4) is 22.3 Å². The van der Waals surface area contributed by atoms with Crippen LogP contribution >= 0.6 is 0 Å². The van der Waals surface area contributed by atoms with Gasteiger partial charge in [-0.1, -0.05) is 60.7 Å². The molecule has 4 rings (SSSR count). The monoisotopic (exact) mass is 426 g/mol. The molecule has 0 aliphatic heterocycles. The Morgan fingerprint density at radius 1 is 0.500 bits per heavy atom. The van der Waals surface area contributed by atoms with Crippen LogP contribution in [0.15, 0.2) is 94.7 Å². The second-order valence-electron chi connectivity index (χ2n) is 6.47. The molecule has 0 fully saturated rings. The van der Waals surface area contributed by atoms with E-state index in [-0.39, 0.29) is 32.0 Å². The molecule has 0 aromatic heterocycles. The summed E-state index contributed by atoms with van der Waals surface area (Å²) in [5.41, 5.74) is -0.189. The van der Waals surface area contributed by atoms with Gasteiger partial charge in [0.25, 0.3) is 0 Å². The summed E-state index contributed by atoms with van der Waals surface area (Å²) in [6, 6.07) is 19.9. The minimum absolute atomic E-state index is 0.260. The van der Waals surface area contributed by atoms with Gasteiger partial charge < -0.3 is 4.55 Å². The third kappa shape index (κ3) is 3.60. The third-order valence-corrected chi connectivity index (χ3v) is 6.07. The van der Waals surface area contributed by atoms with E-state index in [2.05, 4.69) is 0 Å². The van der Waals surface area contributed by atoms with Crippen molar-refractivity contribution in [2.75, 3.05) is 0 Å². The SMILES string of the molecule is [O-][S+](c1ccc(F)c(-c2ccccc2)c1F)c1ccc(F)c(-c2ccccc2)c1F. The molecule has 0 saturated heterocycles. The van der Waals surface area contributed by atoms with Crippen LogP contribution in [-0.4, -0.2) is 4.55 Å². The summed E-state index contributed by atoms with van der Waals surface area (Å²) in [6.07, 6.45) is 0. The molecule has 6 heteroatoms. The van der Waals surface area contributed by atoms with Gasteiger partial charge in [-0.3, -0.25) is 0 Å². The molecule has 0 bridgehead atoms. The molecule has 0 heterocycles. The Kier molecular flexibility index (Phi) is 5.61. The van der Waals surface area contributed by atoms with Crippen LogP contribution in [0.3, 0.4) is 0 Å². The minimum atomic E-state index is -2.34. The van der Waals surface area contributed by atoms with Gasteiger partial charge in [-0.25, -0.2) is 17.6 Å². The van der Waals surface area contributed by atoms with E-state index in [1.54, 1.807) is 36.4 Å². The van der Waals surface area contributed by atoms with Gasteiger partial charge in [-0.15, -0.1) is 0 Å². The second-order valence-corrected chi connectivity index (χ2v) is 7.89. The van der Waals surface area contributed by atoms with Crippen LogP contribution in [0.25, 0.3) is 22.3 Å². The summed E-state index contributed by atoms with van der Waals surface area (Å²) in [4.78, 5) is -0.778. The fourth-order valence-electron chi connectivity index (χ4n) is 3.21. The molecule has 4 aromatic rings. The highest BCUT2D eigenvalue weighted by atomic mass is 32.2. The van der Waals surface area contributed by atoms with Gasteiger partial charge in [0.2, 0.25) is 0 Å². The molecular weight excluding hydrogens is 412 g/mol. The Bertz CT molecular complexity index is 1100. The largest absolute Gasteiger partial charge is 0.606 e. The molecule has 0 radical (unpaired) electrons. The molecule has 0 aliphatic rings. The van der Waals surface area contributed by atoms with Crippen LogP contribution in [0, 0.1) is 23.3 Å². The first-order valence-corrected chi connectivity index (χ1v) is 10.1. The Balaban J connectivity index is 1.84. The zero-order chi connectivity index (χ0) is 21.3. The van der Waals surface area contributed by atoms with E-state index in [0.29, 0.717) is 0 Å². The van der Waals surface area contributed by atoms with Crippen molar-refractivity contribution in [3.63, 3.8) is 0 Å². The summed E-state index contributed by atoms with van der Waals surface area (Å²) < 4.78 is 72.1. The summed E-state index contributed by atoms with van der Waals surface area (Å²) in [6.45, 7) is 0. The minimum Gasteiger partial charge on any atom is -0.606 e. The molecule has 0 aliphatic carbocycles. The van der Waals surface area contributed by atoms with Gasteiger partial charge in [0.15, 0.2) is 21.4 Å². The summed E-state index contributed by atoms with van der Waals surface area (Å²) in [7, 11) is 0. The average molecular weight is 426 g/mol. The number of benzene rings is 4. The highest BCUT2D eigenvalue weighted by Gasteiger charge is 2.30. The smallest absolute Gasteiger partial charge is 0.195 e. The second kappa shape index (κ2) is 8.34. The molecule has 0 atom stereocenters. The molecule has 4 aromatic carbocycles. The molecular formula is C24H14F4OS. The van der Waals surface area contributed by atoms with Crippen molar-refractivity contribution in [2.24, 2.45) is 0 Å². The van der Waals surface area contributed by atoms with Crippen LogP contribution in [-0.2, 0) is 11.2 Å². The Morgan fingerprint density at radius 2 is 0.867 bits per heavy atom. The number of hydrogen-bond donors (Lipinski definition) is 0. The van der Waals surface area contributed by atoms with Crippen molar-refractivity contribution in [1.29, 1.82) is 0 Å².